The van der Waals surface area contributed by atoms with Crippen LogP contribution in [-0.2, 0) is 0 Å². The molecule has 0 aromatic heterocycles. The molecule has 0 bridgehead atoms. The summed E-state index contributed by atoms with van der Waals surface area (Å²) in [6, 6.07) is 19.3. The molecule has 160 valence electrons. The number of hydrogen-bond donors (Lipinski definition) is 0. The molecule has 0 atom stereocenters. The quantitative estimate of drug-likeness (QED) is 0.131. The molecule has 0 saturated heterocycles. The molecule has 0 radical (unpaired) electrons. The molecule has 32 heavy (non-hydrogen) atoms. The molecule has 0 aliphatic rings. The van der Waals surface area contributed by atoms with Crippen LogP contribution in [0.15, 0.2) is 66.7 Å². The molecule has 0 aliphatic carbocycles. The summed E-state index contributed by atoms with van der Waals surface area (Å²) >= 11 is 0. The van der Waals surface area contributed by atoms with Crippen LogP contribution in [0.4, 0.5) is 5.69 Å². The molecule has 3 rings (SSSR count). The van der Waals surface area contributed by atoms with Gasteiger partial charge in [-0.15, -0.1) is 0 Å². The first kappa shape index (κ1) is 22.1. The van der Waals surface area contributed by atoms with Gasteiger partial charge in [-0.2, -0.15) is 5.26 Å². The second-order valence-corrected chi connectivity index (χ2v) is 6.51. The van der Waals surface area contributed by atoms with E-state index >= 15 is 0 Å². The summed E-state index contributed by atoms with van der Waals surface area (Å²) in [4.78, 5) is 22.8. The fourth-order valence-corrected chi connectivity index (χ4v) is 2.88. The SMILES string of the molecule is COc1ccc(/C(C#N)=C\c2ccc(OC(=O)c3cccc([N+](=O)[O-])c3)c(OC)c2)cc1. The molecular formula is C24H18N2O6. The van der Waals surface area contributed by atoms with Crippen LogP contribution in [0.25, 0.3) is 11.6 Å². The van der Waals surface area contributed by atoms with Gasteiger partial charge in [0, 0.05) is 12.1 Å². The van der Waals surface area contributed by atoms with Crippen LogP contribution in [-0.4, -0.2) is 25.1 Å². The van der Waals surface area contributed by atoms with E-state index in [0.29, 0.717) is 22.4 Å². The molecular weight excluding hydrogens is 412 g/mol. The Morgan fingerprint density at radius 2 is 1.72 bits per heavy atom. The molecule has 0 heterocycles. The second-order valence-electron chi connectivity index (χ2n) is 6.51. The average Bonchev–Trinajstić information content (AvgIpc) is 2.83. The van der Waals surface area contributed by atoms with Gasteiger partial charge < -0.3 is 14.2 Å². The van der Waals surface area contributed by atoms with Gasteiger partial charge in [-0.1, -0.05) is 12.1 Å². The van der Waals surface area contributed by atoms with Crippen LogP contribution in [0.3, 0.4) is 0 Å². The highest BCUT2D eigenvalue weighted by Gasteiger charge is 2.16. The molecule has 0 saturated carbocycles. The minimum absolute atomic E-state index is 0.0384. The van der Waals surface area contributed by atoms with Crippen LogP contribution in [0.5, 0.6) is 17.2 Å². The molecule has 0 fully saturated rings. The van der Waals surface area contributed by atoms with Crippen molar-refractivity contribution >= 4 is 23.3 Å². The minimum Gasteiger partial charge on any atom is -0.497 e. The number of hydrogen-bond acceptors (Lipinski definition) is 7. The van der Waals surface area contributed by atoms with E-state index in [0.717, 1.165) is 6.07 Å². The standard InChI is InChI=1S/C24H18N2O6/c1-30-21-9-7-17(8-10-21)19(15-25)12-16-6-11-22(23(13-16)31-2)32-24(27)18-4-3-5-20(14-18)26(28)29/h3-14H,1-2H3/b19-12-. The highest BCUT2D eigenvalue weighted by Crippen LogP contribution is 2.31. The van der Waals surface area contributed by atoms with Crippen molar-refractivity contribution in [3.05, 3.63) is 93.5 Å². The number of methoxy groups -OCH3 is 2. The lowest BCUT2D eigenvalue weighted by molar-refractivity contribution is -0.384. The monoisotopic (exact) mass is 430 g/mol. The van der Waals surface area contributed by atoms with Gasteiger partial charge in [0.2, 0.25) is 0 Å². The van der Waals surface area contributed by atoms with Crippen LogP contribution in [0.2, 0.25) is 0 Å². The summed E-state index contributed by atoms with van der Waals surface area (Å²) < 4.78 is 15.8. The Balaban J connectivity index is 1.86. The fourth-order valence-electron chi connectivity index (χ4n) is 2.88. The first-order valence-corrected chi connectivity index (χ1v) is 9.36. The molecule has 8 heteroatoms. The molecule has 0 amide bonds. The number of nitriles is 1. The summed E-state index contributed by atoms with van der Waals surface area (Å²) in [5.74, 6) is 0.336. The van der Waals surface area contributed by atoms with Crippen molar-refractivity contribution in [3.8, 4) is 23.3 Å². The Hall–Kier alpha value is -4.64. The first-order valence-electron chi connectivity index (χ1n) is 9.36. The maximum atomic E-state index is 12.4. The molecule has 0 N–H and O–H groups in total. The van der Waals surface area contributed by atoms with E-state index in [1.807, 2.05) is 0 Å². The van der Waals surface area contributed by atoms with Crippen molar-refractivity contribution in [1.82, 2.24) is 0 Å². The normalized spacial score (nSPS) is 10.7. The number of allylic oxidation sites excluding steroid dienone is 1. The predicted octanol–water partition coefficient (Wildman–Crippen LogP) is 4.90. The van der Waals surface area contributed by atoms with E-state index in [2.05, 4.69) is 6.07 Å². The predicted molar refractivity (Wildman–Crippen MR) is 118 cm³/mol. The van der Waals surface area contributed by atoms with Crippen LogP contribution in [0, 0.1) is 21.4 Å². The Kier molecular flexibility index (Phi) is 6.83. The van der Waals surface area contributed by atoms with Crippen molar-refractivity contribution in [2.24, 2.45) is 0 Å². The van der Waals surface area contributed by atoms with Gasteiger partial charge in [-0.3, -0.25) is 10.1 Å². The van der Waals surface area contributed by atoms with Crippen molar-refractivity contribution in [2.75, 3.05) is 14.2 Å². The van der Waals surface area contributed by atoms with Gasteiger partial charge in [0.15, 0.2) is 11.5 Å². The lowest BCUT2D eigenvalue weighted by Gasteiger charge is -2.10. The Labute approximate surface area is 184 Å². The van der Waals surface area contributed by atoms with E-state index < -0.39 is 10.9 Å². The van der Waals surface area contributed by atoms with Gasteiger partial charge in [0.1, 0.15) is 5.75 Å². The molecule has 3 aromatic carbocycles. The number of esters is 1. The third-order valence-electron chi connectivity index (χ3n) is 4.52. The molecule has 8 nitrogen and oxygen atoms in total. The third kappa shape index (κ3) is 5.09. The summed E-state index contributed by atoms with van der Waals surface area (Å²) in [5.41, 5.74) is 1.62. The fraction of sp³-hybridized carbons (Fsp3) is 0.0833. The number of rotatable bonds is 7. The summed E-state index contributed by atoms with van der Waals surface area (Å²) in [5, 5.41) is 20.5. The number of nitro groups is 1. The van der Waals surface area contributed by atoms with E-state index in [-0.39, 0.29) is 22.7 Å². The van der Waals surface area contributed by atoms with Crippen LogP contribution >= 0.6 is 0 Å². The zero-order valence-corrected chi connectivity index (χ0v) is 17.3. The van der Waals surface area contributed by atoms with Crippen molar-refractivity contribution in [1.29, 1.82) is 5.26 Å². The van der Waals surface area contributed by atoms with Crippen LogP contribution in [0.1, 0.15) is 21.5 Å². The highest BCUT2D eigenvalue weighted by atomic mass is 16.6. The smallest absolute Gasteiger partial charge is 0.343 e. The summed E-state index contributed by atoms with van der Waals surface area (Å²) in [7, 11) is 2.98. The Morgan fingerprint density at radius 3 is 2.34 bits per heavy atom. The number of carbonyl (C=O) groups excluding carboxylic acids is 1. The Bertz CT molecular complexity index is 1230. The zero-order valence-electron chi connectivity index (χ0n) is 17.3. The van der Waals surface area contributed by atoms with Crippen molar-refractivity contribution < 1.29 is 23.9 Å². The minimum atomic E-state index is -0.758. The van der Waals surface area contributed by atoms with E-state index in [4.69, 9.17) is 14.2 Å². The third-order valence-corrected chi connectivity index (χ3v) is 4.52. The topological polar surface area (TPSA) is 112 Å². The van der Waals surface area contributed by atoms with E-state index in [1.165, 1.54) is 31.4 Å². The first-order chi connectivity index (χ1) is 15.4. The number of nitrogens with zero attached hydrogens (tertiary/aromatic N) is 2. The molecule has 0 spiro atoms. The van der Waals surface area contributed by atoms with Gasteiger partial charge in [-0.25, -0.2) is 4.79 Å². The van der Waals surface area contributed by atoms with Gasteiger partial charge in [0.25, 0.3) is 5.69 Å². The zero-order chi connectivity index (χ0) is 23.1. The van der Waals surface area contributed by atoms with Gasteiger partial charge >= 0.3 is 5.97 Å². The molecule has 3 aromatic rings. The van der Waals surface area contributed by atoms with Crippen molar-refractivity contribution in [3.63, 3.8) is 0 Å². The molecule has 0 aliphatic heterocycles. The van der Waals surface area contributed by atoms with Gasteiger partial charge in [0.05, 0.1) is 36.3 Å². The Morgan fingerprint density at radius 1 is 0.969 bits per heavy atom. The lowest BCUT2D eigenvalue weighted by Crippen LogP contribution is -2.09. The largest absolute Gasteiger partial charge is 0.497 e. The maximum Gasteiger partial charge on any atom is 0.343 e. The number of carbonyl (C=O) groups is 1. The number of benzene rings is 3. The molecule has 0 unspecified atom stereocenters. The number of non-ortho nitro benzene ring substituents is 1. The number of ether oxygens (including phenoxy) is 3. The average molecular weight is 430 g/mol. The van der Waals surface area contributed by atoms with Gasteiger partial charge in [-0.05, 0) is 59.7 Å². The maximum absolute atomic E-state index is 12.4. The van der Waals surface area contributed by atoms with Crippen molar-refractivity contribution in [2.45, 2.75) is 0 Å². The van der Waals surface area contributed by atoms with E-state index in [1.54, 1.807) is 49.6 Å². The highest BCUT2D eigenvalue weighted by molar-refractivity contribution is 5.92. The summed E-state index contributed by atoms with van der Waals surface area (Å²) in [6.45, 7) is 0. The van der Waals surface area contributed by atoms with E-state index in [9.17, 15) is 20.2 Å². The second kappa shape index (κ2) is 9.91. The lowest BCUT2D eigenvalue weighted by atomic mass is 10.0. The number of nitro benzene ring substituents is 1. The van der Waals surface area contributed by atoms with Crippen LogP contribution < -0.4 is 14.2 Å². The summed E-state index contributed by atoms with van der Waals surface area (Å²) in [6.07, 6.45) is 1.68.